The van der Waals surface area contributed by atoms with Crippen LogP contribution in [0.25, 0.3) is 0 Å². The highest BCUT2D eigenvalue weighted by atomic mass is 16.5. The molecule has 15 heavy (non-hydrogen) atoms. The molecule has 0 bridgehead atoms. The summed E-state index contributed by atoms with van der Waals surface area (Å²) in [5.74, 6) is -0.666. The van der Waals surface area contributed by atoms with E-state index >= 15 is 0 Å². The van der Waals surface area contributed by atoms with E-state index in [1.165, 1.54) is 6.20 Å². The normalized spacial score (nSPS) is 25.7. The SMILES string of the molecule is NC(=O)/C=C\N(N=O)C1CCC(CO)O1. The monoisotopic (exact) mass is 215 g/mol. The molecule has 0 radical (unpaired) electrons. The minimum atomic E-state index is -0.666. The van der Waals surface area contributed by atoms with Crippen molar-refractivity contribution in [2.75, 3.05) is 6.61 Å². The summed E-state index contributed by atoms with van der Waals surface area (Å²) < 4.78 is 5.27. The molecule has 2 atom stereocenters. The Bertz CT molecular complexity index is 269. The molecule has 1 aliphatic rings. The van der Waals surface area contributed by atoms with E-state index in [0.29, 0.717) is 12.8 Å². The van der Waals surface area contributed by atoms with Gasteiger partial charge in [-0.15, -0.1) is 4.91 Å². The second kappa shape index (κ2) is 5.42. The Labute approximate surface area is 86.4 Å². The zero-order valence-electron chi connectivity index (χ0n) is 8.07. The summed E-state index contributed by atoms with van der Waals surface area (Å²) >= 11 is 0. The predicted octanol–water partition coefficient (Wildman–Crippen LogP) is -0.534. The summed E-state index contributed by atoms with van der Waals surface area (Å²) in [6, 6.07) is 0. The van der Waals surface area contributed by atoms with Crippen LogP contribution in [0.15, 0.2) is 17.6 Å². The Morgan fingerprint density at radius 3 is 2.87 bits per heavy atom. The van der Waals surface area contributed by atoms with Crippen LogP contribution in [0.4, 0.5) is 0 Å². The molecule has 1 fully saturated rings. The van der Waals surface area contributed by atoms with Crippen LogP contribution in [-0.4, -0.2) is 35.0 Å². The molecule has 2 unspecified atom stereocenters. The van der Waals surface area contributed by atoms with Crippen molar-refractivity contribution in [2.24, 2.45) is 11.0 Å². The fourth-order valence-electron chi connectivity index (χ4n) is 1.34. The maximum atomic E-state index is 10.4. The molecular formula is C8H13N3O4. The number of nitrogens with zero attached hydrogens (tertiary/aromatic N) is 2. The third kappa shape index (κ3) is 3.30. The number of aliphatic hydroxyl groups excluding tert-OH is 1. The van der Waals surface area contributed by atoms with Crippen molar-refractivity contribution in [1.82, 2.24) is 5.01 Å². The zero-order valence-corrected chi connectivity index (χ0v) is 8.07. The molecule has 1 rings (SSSR count). The molecule has 3 N–H and O–H groups in total. The van der Waals surface area contributed by atoms with Gasteiger partial charge >= 0.3 is 0 Å². The number of rotatable bonds is 5. The zero-order chi connectivity index (χ0) is 11.3. The molecule has 1 aliphatic heterocycles. The number of carbonyl (C=O) groups excluding carboxylic acids is 1. The van der Waals surface area contributed by atoms with Crippen molar-refractivity contribution in [2.45, 2.75) is 25.2 Å². The third-order valence-corrected chi connectivity index (χ3v) is 2.07. The Morgan fingerprint density at radius 2 is 2.40 bits per heavy atom. The van der Waals surface area contributed by atoms with Gasteiger partial charge in [0.2, 0.25) is 5.91 Å². The van der Waals surface area contributed by atoms with Crippen LogP contribution in [0.3, 0.4) is 0 Å². The number of nitrogens with two attached hydrogens (primary N) is 1. The second-order valence-electron chi connectivity index (χ2n) is 3.15. The molecule has 1 saturated heterocycles. The van der Waals surface area contributed by atoms with Gasteiger partial charge in [0.1, 0.15) is 0 Å². The van der Waals surface area contributed by atoms with E-state index in [2.05, 4.69) is 5.29 Å². The molecule has 0 aromatic carbocycles. The van der Waals surface area contributed by atoms with Crippen molar-refractivity contribution < 1.29 is 14.6 Å². The molecule has 0 spiro atoms. The van der Waals surface area contributed by atoms with Gasteiger partial charge in [0.15, 0.2) is 6.23 Å². The van der Waals surface area contributed by atoms with Gasteiger partial charge in [0, 0.05) is 12.3 Å². The summed E-state index contributed by atoms with van der Waals surface area (Å²) in [4.78, 5) is 20.9. The summed E-state index contributed by atoms with van der Waals surface area (Å²) in [6.45, 7) is -0.0945. The van der Waals surface area contributed by atoms with Crippen molar-refractivity contribution in [3.05, 3.63) is 17.2 Å². The van der Waals surface area contributed by atoms with E-state index in [4.69, 9.17) is 15.6 Å². The Balaban J connectivity index is 2.53. The van der Waals surface area contributed by atoms with Gasteiger partial charge in [0.05, 0.1) is 18.0 Å². The minimum absolute atomic E-state index is 0.0945. The first-order valence-corrected chi connectivity index (χ1v) is 4.53. The Morgan fingerprint density at radius 1 is 1.67 bits per heavy atom. The lowest BCUT2D eigenvalue weighted by atomic mass is 10.2. The number of aliphatic hydroxyl groups is 1. The molecule has 0 aromatic heterocycles. The van der Waals surface area contributed by atoms with Gasteiger partial charge in [-0.25, -0.2) is 5.01 Å². The average molecular weight is 215 g/mol. The van der Waals surface area contributed by atoms with Crippen LogP contribution < -0.4 is 5.73 Å². The minimum Gasteiger partial charge on any atom is -0.394 e. The van der Waals surface area contributed by atoms with Crippen LogP contribution >= 0.6 is 0 Å². The average Bonchev–Trinajstić information content (AvgIpc) is 2.67. The van der Waals surface area contributed by atoms with Crippen LogP contribution in [0.5, 0.6) is 0 Å². The fourth-order valence-corrected chi connectivity index (χ4v) is 1.34. The van der Waals surface area contributed by atoms with Crippen molar-refractivity contribution in [3.63, 3.8) is 0 Å². The van der Waals surface area contributed by atoms with Crippen molar-refractivity contribution in [1.29, 1.82) is 0 Å². The first kappa shape index (κ1) is 11.6. The fraction of sp³-hybridized carbons (Fsp3) is 0.625. The van der Waals surface area contributed by atoms with Gasteiger partial charge in [-0.2, -0.15) is 0 Å². The first-order valence-electron chi connectivity index (χ1n) is 4.53. The van der Waals surface area contributed by atoms with Crippen LogP contribution in [-0.2, 0) is 9.53 Å². The second-order valence-corrected chi connectivity index (χ2v) is 3.15. The van der Waals surface area contributed by atoms with Crippen LogP contribution in [0.2, 0.25) is 0 Å². The molecule has 7 heteroatoms. The van der Waals surface area contributed by atoms with Gasteiger partial charge < -0.3 is 15.6 Å². The molecule has 0 aromatic rings. The number of hydrogen-bond acceptors (Lipinski definition) is 5. The number of hydrogen-bond donors (Lipinski definition) is 2. The van der Waals surface area contributed by atoms with Crippen molar-refractivity contribution in [3.8, 4) is 0 Å². The highest BCUT2D eigenvalue weighted by molar-refractivity contribution is 5.85. The molecule has 7 nitrogen and oxygen atoms in total. The lowest BCUT2D eigenvalue weighted by molar-refractivity contribution is -0.113. The van der Waals surface area contributed by atoms with Crippen LogP contribution in [0, 0.1) is 4.91 Å². The lowest BCUT2D eigenvalue weighted by Gasteiger charge is -2.18. The standard InChI is InChI=1S/C8H13N3O4/c9-7(13)3-4-11(10-14)8-2-1-6(5-12)15-8/h3-4,6,8,12H,1-2,5H2,(H2,9,13)/b4-3-. The van der Waals surface area contributed by atoms with E-state index in [1.807, 2.05) is 0 Å². The number of ether oxygens (including phenoxy) is 1. The quantitative estimate of drug-likeness (QED) is 0.364. The molecule has 1 heterocycles. The summed E-state index contributed by atoms with van der Waals surface area (Å²) in [7, 11) is 0. The summed E-state index contributed by atoms with van der Waals surface area (Å²) in [6.07, 6.45) is 2.60. The topological polar surface area (TPSA) is 105 Å². The maximum Gasteiger partial charge on any atom is 0.242 e. The Hall–Kier alpha value is -1.47. The highest BCUT2D eigenvalue weighted by Crippen LogP contribution is 2.22. The first-order chi connectivity index (χ1) is 7.17. The molecule has 0 aliphatic carbocycles. The molecule has 0 saturated carbocycles. The molecular weight excluding hydrogens is 202 g/mol. The number of carbonyl (C=O) groups is 1. The van der Waals surface area contributed by atoms with Gasteiger partial charge in [-0.3, -0.25) is 4.79 Å². The van der Waals surface area contributed by atoms with E-state index in [-0.39, 0.29) is 12.7 Å². The van der Waals surface area contributed by atoms with Crippen molar-refractivity contribution >= 4 is 5.91 Å². The van der Waals surface area contributed by atoms with E-state index in [9.17, 15) is 9.70 Å². The van der Waals surface area contributed by atoms with Gasteiger partial charge in [0.25, 0.3) is 0 Å². The van der Waals surface area contributed by atoms with Gasteiger partial charge in [-0.1, -0.05) is 0 Å². The number of primary amides is 1. The van der Waals surface area contributed by atoms with E-state index < -0.39 is 12.1 Å². The summed E-state index contributed by atoms with van der Waals surface area (Å²) in [5, 5.41) is 12.5. The third-order valence-electron chi connectivity index (χ3n) is 2.07. The molecule has 1 amide bonds. The van der Waals surface area contributed by atoms with E-state index in [1.54, 1.807) is 0 Å². The smallest absolute Gasteiger partial charge is 0.242 e. The molecule has 84 valence electrons. The number of nitroso groups, excluding NO2 is 1. The largest absolute Gasteiger partial charge is 0.394 e. The Kier molecular flexibility index (Phi) is 4.19. The van der Waals surface area contributed by atoms with E-state index in [0.717, 1.165) is 11.1 Å². The maximum absolute atomic E-state index is 10.4. The predicted molar refractivity (Wildman–Crippen MR) is 50.9 cm³/mol. The summed E-state index contributed by atoms with van der Waals surface area (Å²) in [5.41, 5.74) is 4.87. The lowest BCUT2D eigenvalue weighted by Crippen LogP contribution is -2.27. The number of amides is 1. The highest BCUT2D eigenvalue weighted by Gasteiger charge is 2.28. The van der Waals surface area contributed by atoms with Crippen LogP contribution in [0.1, 0.15) is 12.8 Å². The van der Waals surface area contributed by atoms with Gasteiger partial charge in [-0.05, 0) is 12.8 Å².